The van der Waals surface area contributed by atoms with Crippen LogP contribution in [0.2, 0.25) is 0 Å². The van der Waals surface area contributed by atoms with Gasteiger partial charge in [0.25, 0.3) is 5.91 Å². The smallest absolute Gasteiger partial charge is 0.255 e. The van der Waals surface area contributed by atoms with Gasteiger partial charge in [0, 0.05) is 24.2 Å². The van der Waals surface area contributed by atoms with Crippen molar-refractivity contribution in [2.45, 2.75) is 63.4 Å². The maximum absolute atomic E-state index is 12.9. The monoisotopic (exact) mass is 433 g/mol. The third kappa shape index (κ3) is 4.12. The first-order chi connectivity index (χ1) is 15.6. The molecule has 7 heteroatoms. The zero-order chi connectivity index (χ0) is 22.1. The van der Waals surface area contributed by atoms with Crippen molar-refractivity contribution in [2.24, 2.45) is 0 Å². The maximum Gasteiger partial charge on any atom is 0.255 e. The molecule has 3 atom stereocenters. The van der Waals surface area contributed by atoms with Crippen LogP contribution in [0.4, 0.5) is 5.69 Å². The minimum atomic E-state index is -0.588. The van der Waals surface area contributed by atoms with Crippen molar-refractivity contribution in [3.05, 3.63) is 65.2 Å². The van der Waals surface area contributed by atoms with E-state index in [1.807, 2.05) is 36.4 Å². The van der Waals surface area contributed by atoms with E-state index in [0.29, 0.717) is 25.1 Å². The average Bonchev–Trinajstić information content (AvgIpc) is 3.37. The molecule has 0 radical (unpaired) electrons. The lowest BCUT2D eigenvalue weighted by molar-refractivity contribution is -0.136. The number of fused-ring (bicyclic) bond motifs is 1. The van der Waals surface area contributed by atoms with Gasteiger partial charge >= 0.3 is 0 Å². The highest BCUT2D eigenvalue weighted by atomic mass is 16.5. The Bertz CT molecular complexity index is 1040. The van der Waals surface area contributed by atoms with E-state index in [1.54, 1.807) is 4.90 Å². The van der Waals surface area contributed by atoms with Crippen molar-refractivity contribution in [2.75, 3.05) is 5.32 Å². The molecule has 5 rings (SSSR count). The van der Waals surface area contributed by atoms with Gasteiger partial charge in [-0.25, -0.2) is 0 Å². The Morgan fingerprint density at radius 2 is 1.88 bits per heavy atom. The third-order valence-electron chi connectivity index (χ3n) is 6.64. The summed E-state index contributed by atoms with van der Waals surface area (Å²) in [5.74, 6) is -0.807. The number of nitrogens with one attached hydrogen (secondary N) is 2. The van der Waals surface area contributed by atoms with Gasteiger partial charge < -0.3 is 15.0 Å². The number of amides is 3. The second-order valence-electron chi connectivity index (χ2n) is 8.79. The standard InChI is InChI=1S/C25H27N3O4/c29-23-12-11-21(24(30)27-23)28-14-17-13-18(9-10-19(17)25(28)31)26-20-7-4-8-22(20)32-15-16-5-2-1-3-6-16/h1-3,5-6,9-10,13,20-22,26H,4,7-8,11-12,14-15H2,(H,27,29,30)/t20-,21?,22+/m0/s1. The first-order valence-electron chi connectivity index (χ1n) is 11.3. The lowest BCUT2D eigenvalue weighted by Gasteiger charge is -2.29. The Balaban J connectivity index is 1.24. The van der Waals surface area contributed by atoms with E-state index in [4.69, 9.17) is 4.74 Å². The first kappa shape index (κ1) is 20.7. The summed E-state index contributed by atoms with van der Waals surface area (Å²) in [6.45, 7) is 0.984. The van der Waals surface area contributed by atoms with Gasteiger partial charge in [0.05, 0.1) is 18.8 Å². The van der Waals surface area contributed by atoms with Gasteiger partial charge in [-0.2, -0.15) is 0 Å². The second kappa shape index (κ2) is 8.74. The fraction of sp³-hybridized carbons (Fsp3) is 0.400. The molecule has 0 aromatic heterocycles. The predicted molar refractivity (Wildman–Crippen MR) is 119 cm³/mol. The Morgan fingerprint density at radius 1 is 1.03 bits per heavy atom. The number of hydrogen-bond donors (Lipinski definition) is 2. The second-order valence-corrected chi connectivity index (χ2v) is 8.79. The molecule has 2 fully saturated rings. The summed E-state index contributed by atoms with van der Waals surface area (Å²) in [6, 6.07) is 15.6. The van der Waals surface area contributed by atoms with Gasteiger partial charge in [0.15, 0.2) is 0 Å². The van der Waals surface area contributed by atoms with Crippen molar-refractivity contribution < 1.29 is 19.1 Å². The topological polar surface area (TPSA) is 87.7 Å². The molecular weight excluding hydrogens is 406 g/mol. The zero-order valence-corrected chi connectivity index (χ0v) is 17.9. The highest BCUT2D eigenvalue weighted by Gasteiger charge is 2.39. The van der Waals surface area contributed by atoms with E-state index in [2.05, 4.69) is 22.8 Å². The van der Waals surface area contributed by atoms with Crippen molar-refractivity contribution in [3.63, 3.8) is 0 Å². The number of ether oxygens (including phenoxy) is 1. The van der Waals surface area contributed by atoms with E-state index in [-0.39, 0.29) is 36.3 Å². The highest BCUT2D eigenvalue weighted by Crippen LogP contribution is 2.31. The minimum absolute atomic E-state index is 0.144. The number of hydrogen-bond acceptors (Lipinski definition) is 5. The van der Waals surface area contributed by atoms with Crippen LogP contribution >= 0.6 is 0 Å². The molecule has 1 saturated carbocycles. The SMILES string of the molecule is O=C1CCC(N2Cc3cc(N[C@H]4CCC[C@H]4OCc4ccccc4)ccc3C2=O)C(=O)N1. The summed E-state index contributed by atoms with van der Waals surface area (Å²) in [7, 11) is 0. The van der Waals surface area contributed by atoms with E-state index in [0.717, 1.165) is 30.5 Å². The summed E-state index contributed by atoms with van der Waals surface area (Å²) in [4.78, 5) is 38.1. The number of carbonyl (C=O) groups is 3. The van der Waals surface area contributed by atoms with Crippen molar-refractivity contribution in [1.29, 1.82) is 0 Å². The summed E-state index contributed by atoms with van der Waals surface area (Å²) in [5.41, 5.74) is 3.66. The van der Waals surface area contributed by atoms with Crippen molar-refractivity contribution in [1.82, 2.24) is 10.2 Å². The molecule has 32 heavy (non-hydrogen) atoms. The lowest BCUT2D eigenvalue weighted by atomic mass is 10.0. The van der Waals surface area contributed by atoms with E-state index >= 15 is 0 Å². The largest absolute Gasteiger partial charge is 0.380 e. The molecule has 166 valence electrons. The minimum Gasteiger partial charge on any atom is -0.380 e. The quantitative estimate of drug-likeness (QED) is 0.684. The van der Waals surface area contributed by atoms with Crippen molar-refractivity contribution in [3.8, 4) is 0 Å². The molecule has 2 aliphatic heterocycles. The number of carbonyl (C=O) groups excluding carboxylic acids is 3. The van der Waals surface area contributed by atoms with Gasteiger partial charge in [-0.05, 0) is 55.0 Å². The van der Waals surface area contributed by atoms with Crippen LogP contribution in [-0.4, -0.2) is 40.8 Å². The molecule has 2 N–H and O–H groups in total. The van der Waals surface area contributed by atoms with Gasteiger partial charge in [-0.3, -0.25) is 19.7 Å². The van der Waals surface area contributed by atoms with Crippen LogP contribution in [0, 0.1) is 0 Å². The van der Waals surface area contributed by atoms with Gasteiger partial charge in [-0.15, -0.1) is 0 Å². The third-order valence-corrected chi connectivity index (χ3v) is 6.64. The molecule has 3 aliphatic rings. The normalized spacial score (nSPS) is 25.1. The zero-order valence-electron chi connectivity index (χ0n) is 17.9. The summed E-state index contributed by atoms with van der Waals surface area (Å²) < 4.78 is 6.20. The molecule has 1 aliphatic carbocycles. The van der Waals surface area contributed by atoms with Crippen LogP contribution in [0.15, 0.2) is 48.5 Å². The van der Waals surface area contributed by atoms with Gasteiger partial charge in [0.1, 0.15) is 6.04 Å². The Labute approximate surface area is 187 Å². The molecule has 3 amide bonds. The molecule has 0 bridgehead atoms. The first-order valence-corrected chi connectivity index (χ1v) is 11.3. The lowest BCUT2D eigenvalue weighted by Crippen LogP contribution is -2.52. The Hall–Kier alpha value is -3.19. The van der Waals surface area contributed by atoms with Gasteiger partial charge in [-0.1, -0.05) is 30.3 Å². The van der Waals surface area contributed by atoms with Gasteiger partial charge in [0.2, 0.25) is 11.8 Å². The molecule has 1 unspecified atom stereocenters. The fourth-order valence-electron chi connectivity index (χ4n) is 4.95. The predicted octanol–water partition coefficient (Wildman–Crippen LogP) is 3.00. The highest BCUT2D eigenvalue weighted by molar-refractivity contribution is 6.05. The van der Waals surface area contributed by atoms with Crippen LogP contribution in [0.1, 0.15) is 53.6 Å². The summed E-state index contributed by atoms with van der Waals surface area (Å²) >= 11 is 0. The number of benzene rings is 2. The molecule has 7 nitrogen and oxygen atoms in total. The van der Waals surface area contributed by atoms with E-state index in [1.165, 1.54) is 5.56 Å². The fourth-order valence-corrected chi connectivity index (χ4v) is 4.95. The van der Waals surface area contributed by atoms with Crippen LogP contribution < -0.4 is 10.6 Å². The average molecular weight is 434 g/mol. The van der Waals surface area contributed by atoms with Crippen molar-refractivity contribution >= 4 is 23.4 Å². The Morgan fingerprint density at radius 3 is 2.69 bits per heavy atom. The summed E-state index contributed by atoms with van der Waals surface area (Å²) in [6.07, 6.45) is 3.96. The molecule has 2 heterocycles. The number of rotatable bonds is 6. The molecule has 2 aromatic rings. The maximum atomic E-state index is 12.9. The van der Waals surface area contributed by atoms with Crippen LogP contribution in [0.5, 0.6) is 0 Å². The Kier molecular flexibility index (Phi) is 5.66. The molecule has 1 saturated heterocycles. The van der Waals surface area contributed by atoms with E-state index < -0.39 is 6.04 Å². The molecule has 0 spiro atoms. The van der Waals surface area contributed by atoms with Crippen LogP contribution in [0.25, 0.3) is 0 Å². The number of nitrogens with zero attached hydrogens (tertiary/aromatic N) is 1. The van der Waals surface area contributed by atoms with Crippen LogP contribution in [0.3, 0.4) is 0 Å². The summed E-state index contributed by atoms with van der Waals surface area (Å²) in [5, 5.41) is 5.95. The molecular formula is C25H27N3O4. The molecule has 2 aromatic carbocycles. The van der Waals surface area contributed by atoms with E-state index in [9.17, 15) is 14.4 Å². The number of piperidine rings is 1. The van der Waals surface area contributed by atoms with Crippen LogP contribution in [-0.2, 0) is 27.5 Å². The number of anilines is 1. The number of imide groups is 1.